The number of allylic oxidation sites excluding steroid dienone is 2. The lowest BCUT2D eigenvalue weighted by Crippen LogP contribution is -2.53. The Morgan fingerprint density at radius 2 is 2.12 bits per heavy atom. The fourth-order valence-corrected chi connectivity index (χ4v) is 7.30. The normalized spacial score (nSPS) is 47.1. The fourth-order valence-electron chi connectivity index (χ4n) is 6.98. The first-order valence-corrected chi connectivity index (χ1v) is 11.3. The Kier molecular flexibility index (Phi) is 4.55. The standard InChI is InChI=1S/C22H32OS/c1-4-22(23-15-24-3)14-12-20-19-10-9-16-7-5-6-8-17(16)18(19)11-13-21(20,22)2/h1,7,17-20H,5-6,8-15H2,2-3H3/t17-,18+,19+,20-,21-,22?/m0/s1. The van der Waals surface area contributed by atoms with Gasteiger partial charge in [-0.25, -0.2) is 0 Å². The molecule has 6 atom stereocenters. The van der Waals surface area contributed by atoms with Crippen molar-refractivity contribution in [2.75, 3.05) is 12.2 Å². The van der Waals surface area contributed by atoms with Crippen LogP contribution in [0.25, 0.3) is 0 Å². The molecule has 1 unspecified atom stereocenters. The van der Waals surface area contributed by atoms with Crippen LogP contribution in [0.2, 0.25) is 0 Å². The lowest BCUT2D eigenvalue weighted by Gasteiger charge is -2.55. The molecule has 0 aromatic heterocycles. The number of hydrogen-bond acceptors (Lipinski definition) is 2. The highest BCUT2D eigenvalue weighted by molar-refractivity contribution is 7.98. The second-order valence-corrected chi connectivity index (χ2v) is 9.62. The van der Waals surface area contributed by atoms with E-state index in [9.17, 15) is 0 Å². The molecule has 132 valence electrons. The van der Waals surface area contributed by atoms with Gasteiger partial charge in [-0.1, -0.05) is 24.5 Å². The molecule has 0 amide bonds. The fraction of sp³-hybridized carbons (Fsp3) is 0.818. The van der Waals surface area contributed by atoms with Gasteiger partial charge in [-0.05, 0) is 87.7 Å². The van der Waals surface area contributed by atoms with Crippen LogP contribution < -0.4 is 0 Å². The summed E-state index contributed by atoms with van der Waals surface area (Å²) in [5.74, 6) is 7.38. The van der Waals surface area contributed by atoms with Crippen LogP contribution >= 0.6 is 11.8 Å². The van der Waals surface area contributed by atoms with Crippen LogP contribution in [0.4, 0.5) is 0 Å². The van der Waals surface area contributed by atoms with Gasteiger partial charge >= 0.3 is 0 Å². The molecule has 3 saturated carbocycles. The van der Waals surface area contributed by atoms with E-state index in [4.69, 9.17) is 11.2 Å². The molecule has 4 aliphatic rings. The van der Waals surface area contributed by atoms with Gasteiger partial charge in [-0.2, -0.15) is 0 Å². The third-order valence-electron chi connectivity index (χ3n) is 8.15. The van der Waals surface area contributed by atoms with Crippen LogP contribution in [0.15, 0.2) is 11.6 Å². The number of rotatable bonds is 3. The number of thioether (sulfide) groups is 1. The Morgan fingerprint density at radius 1 is 1.25 bits per heavy atom. The minimum atomic E-state index is -0.311. The molecule has 0 aliphatic heterocycles. The van der Waals surface area contributed by atoms with Crippen molar-refractivity contribution in [3.05, 3.63) is 11.6 Å². The molecule has 0 bridgehead atoms. The Labute approximate surface area is 152 Å². The van der Waals surface area contributed by atoms with Crippen LogP contribution in [-0.4, -0.2) is 17.8 Å². The second-order valence-electron chi connectivity index (χ2n) is 8.81. The summed E-state index contributed by atoms with van der Waals surface area (Å²) in [7, 11) is 0. The maximum Gasteiger partial charge on any atom is 0.135 e. The summed E-state index contributed by atoms with van der Waals surface area (Å²) in [6.07, 6.45) is 22.7. The van der Waals surface area contributed by atoms with Gasteiger partial charge in [0.2, 0.25) is 0 Å². The quantitative estimate of drug-likeness (QED) is 0.371. The van der Waals surface area contributed by atoms with Crippen LogP contribution in [0, 0.1) is 41.4 Å². The van der Waals surface area contributed by atoms with Crippen molar-refractivity contribution in [1.82, 2.24) is 0 Å². The Hall–Kier alpha value is -0.390. The van der Waals surface area contributed by atoms with Crippen LogP contribution in [0.3, 0.4) is 0 Å². The topological polar surface area (TPSA) is 9.23 Å². The summed E-state index contributed by atoms with van der Waals surface area (Å²) < 4.78 is 6.36. The molecule has 0 radical (unpaired) electrons. The van der Waals surface area contributed by atoms with Gasteiger partial charge in [0, 0.05) is 5.41 Å². The molecular formula is C22H32OS. The van der Waals surface area contributed by atoms with Gasteiger partial charge in [0.1, 0.15) is 5.60 Å². The summed E-state index contributed by atoms with van der Waals surface area (Å²) in [4.78, 5) is 0. The SMILES string of the molecule is C#CC1(OCSC)CC[C@H]2[C@@H]3CCC4=CCCC[C@@H]4[C@H]3CC[C@@]21C. The summed E-state index contributed by atoms with van der Waals surface area (Å²) in [5, 5.41) is 0. The molecule has 0 aromatic rings. The minimum absolute atomic E-state index is 0.189. The molecule has 3 fully saturated rings. The monoisotopic (exact) mass is 344 g/mol. The molecule has 0 spiro atoms. The first-order valence-electron chi connectivity index (χ1n) is 9.95. The number of ether oxygens (including phenoxy) is 1. The van der Waals surface area contributed by atoms with E-state index in [0.717, 1.165) is 36.0 Å². The van der Waals surface area contributed by atoms with E-state index >= 15 is 0 Å². The van der Waals surface area contributed by atoms with E-state index in [1.165, 1.54) is 51.4 Å². The van der Waals surface area contributed by atoms with E-state index in [1.807, 2.05) is 5.57 Å². The van der Waals surface area contributed by atoms with E-state index in [1.54, 1.807) is 11.8 Å². The van der Waals surface area contributed by atoms with Crippen LogP contribution in [0.1, 0.15) is 64.7 Å². The second kappa shape index (κ2) is 6.40. The highest BCUT2D eigenvalue weighted by Gasteiger charge is 2.63. The van der Waals surface area contributed by atoms with Gasteiger partial charge in [0.25, 0.3) is 0 Å². The largest absolute Gasteiger partial charge is 0.351 e. The van der Waals surface area contributed by atoms with Gasteiger partial charge in [-0.3, -0.25) is 0 Å². The average molecular weight is 345 g/mol. The molecule has 0 aromatic carbocycles. The summed E-state index contributed by atoms with van der Waals surface area (Å²) in [5.41, 5.74) is 1.69. The lowest BCUT2D eigenvalue weighted by molar-refractivity contribution is -0.108. The van der Waals surface area contributed by atoms with Crippen LogP contribution in [0.5, 0.6) is 0 Å². The Balaban J connectivity index is 1.61. The maximum absolute atomic E-state index is 6.36. The minimum Gasteiger partial charge on any atom is -0.351 e. The van der Waals surface area contributed by atoms with Gasteiger partial charge in [0.05, 0.1) is 5.94 Å². The van der Waals surface area contributed by atoms with Crippen molar-refractivity contribution in [3.8, 4) is 12.3 Å². The van der Waals surface area contributed by atoms with Crippen molar-refractivity contribution in [2.24, 2.45) is 29.1 Å². The molecular weight excluding hydrogens is 312 g/mol. The molecule has 1 nitrogen and oxygen atoms in total. The number of fused-ring (bicyclic) bond motifs is 5. The number of hydrogen-bond donors (Lipinski definition) is 0. The molecule has 24 heavy (non-hydrogen) atoms. The summed E-state index contributed by atoms with van der Waals surface area (Å²) in [6, 6.07) is 0. The average Bonchev–Trinajstić information content (AvgIpc) is 2.92. The van der Waals surface area contributed by atoms with Crippen molar-refractivity contribution >= 4 is 11.8 Å². The summed E-state index contributed by atoms with van der Waals surface area (Å²) in [6.45, 7) is 2.47. The highest BCUT2D eigenvalue weighted by Crippen LogP contribution is 2.65. The van der Waals surface area contributed by atoms with E-state index < -0.39 is 0 Å². The van der Waals surface area contributed by atoms with E-state index in [2.05, 4.69) is 25.2 Å². The zero-order chi connectivity index (χ0) is 16.8. The third-order valence-corrected chi connectivity index (χ3v) is 8.51. The van der Waals surface area contributed by atoms with E-state index in [0.29, 0.717) is 0 Å². The van der Waals surface area contributed by atoms with Crippen molar-refractivity contribution in [1.29, 1.82) is 0 Å². The first kappa shape index (κ1) is 17.0. The zero-order valence-corrected chi connectivity index (χ0v) is 16.2. The highest BCUT2D eigenvalue weighted by atomic mass is 32.2. The maximum atomic E-state index is 6.36. The lowest BCUT2D eigenvalue weighted by atomic mass is 9.50. The molecule has 0 saturated heterocycles. The molecule has 0 heterocycles. The molecule has 0 N–H and O–H groups in total. The van der Waals surface area contributed by atoms with Gasteiger partial charge < -0.3 is 4.74 Å². The number of terminal acetylenes is 1. The molecule has 2 heteroatoms. The predicted octanol–water partition coefficient (Wildman–Crippen LogP) is 5.66. The Bertz CT molecular complexity index is 561. The van der Waals surface area contributed by atoms with E-state index in [-0.39, 0.29) is 11.0 Å². The zero-order valence-electron chi connectivity index (χ0n) is 15.4. The van der Waals surface area contributed by atoms with Crippen molar-refractivity contribution < 1.29 is 4.74 Å². The third kappa shape index (κ3) is 2.34. The Morgan fingerprint density at radius 3 is 2.92 bits per heavy atom. The first-order chi connectivity index (χ1) is 11.6. The molecule has 4 rings (SSSR count). The summed E-state index contributed by atoms with van der Waals surface area (Å²) >= 11 is 1.75. The van der Waals surface area contributed by atoms with Gasteiger partial charge in [-0.15, -0.1) is 18.2 Å². The van der Waals surface area contributed by atoms with Crippen molar-refractivity contribution in [2.45, 2.75) is 70.3 Å². The molecule has 4 aliphatic carbocycles. The van der Waals surface area contributed by atoms with Crippen molar-refractivity contribution in [3.63, 3.8) is 0 Å². The smallest absolute Gasteiger partial charge is 0.135 e. The van der Waals surface area contributed by atoms with Gasteiger partial charge in [0.15, 0.2) is 0 Å². The van der Waals surface area contributed by atoms with Crippen LogP contribution in [-0.2, 0) is 4.74 Å². The predicted molar refractivity (Wildman–Crippen MR) is 103 cm³/mol.